The Morgan fingerprint density at radius 1 is 1.41 bits per heavy atom. The van der Waals surface area contributed by atoms with E-state index in [1.165, 1.54) is 7.11 Å². The lowest BCUT2D eigenvalue weighted by Crippen LogP contribution is -2.14. The van der Waals surface area contributed by atoms with Gasteiger partial charge in [0, 0.05) is 16.4 Å². The summed E-state index contributed by atoms with van der Waals surface area (Å²) >= 11 is 3.31. The molecule has 3 N–H and O–H groups in total. The Kier molecular flexibility index (Phi) is 5.46. The number of methoxy groups -OCH3 is 1. The first-order valence-electron chi connectivity index (χ1n) is 8.38. The number of rotatable bonds is 5. The summed E-state index contributed by atoms with van der Waals surface area (Å²) in [5, 5.41) is 16.8. The molecule has 1 aromatic carbocycles. The van der Waals surface area contributed by atoms with Crippen LogP contribution in [0.1, 0.15) is 46.0 Å². The largest absolute Gasteiger partial charge is 0.465 e. The number of nitriles is 1. The van der Waals surface area contributed by atoms with Gasteiger partial charge in [0.15, 0.2) is 5.82 Å². The van der Waals surface area contributed by atoms with Gasteiger partial charge in [-0.1, -0.05) is 0 Å². The number of nitrogens with two attached hydrogens (primary N) is 1. The molecule has 0 aliphatic heterocycles. The summed E-state index contributed by atoms with van der Waals surface area (Å²) in [6.45, 7) is 0. The molecular formula is C18H18BrN5O3. The van der Waals surface area contributed by atoms with Crippen molar-refractivity contribution in [3.63, 3.8) is 0 Å². The highest BCUT2D eigenvalue weighted by molar-refractivity contribution is 9.10. The van der Waals surface area contributed by atoms with Crippen LogP contribution < -0.4 is 11.1 Å². The summed E-state index contributed by atoms with van der Waals surface area (Å²) in [4.78, 5) is 23.7. The average molecular weight is 432 g/mol. The predicted octanol–water partition coefficient (Wildman–Crippen LogP) is 3.14. The third-order valence-electron chi connectivity index (χ3n) is 4.62. The maximum absolute atomic E-state index is 11.9. The molecule has 9 heteroatoms. The van der Waals surface area contributed by atoms with Crippen LogP contribution in [0, 0.1) is 17.2 Å². The van der Waals surface area contributed by atoms with Crippen LogP contribution in [0.3, 0.4) is 0 Å². The van der Waals surface area contributed by atoms with Gasteiger partial charge in [-0.15, -0.1) is 0 Å². The normalized spacial score (nSPS) is 18.7. The van der Waals surface area contributed by atoms with Gasteiger partial charge in [0.1, 0.15) is 5.56 Å². The van der Waals surface area contributed by atoms with Crippen LogP contribution in [0.2, 0.25) is 0 Å². The van der Waals surface area contributed by atoms with E-state index in [2.05, 4.69) is 32.4 Å². The van der Waals surface area contributed by atoms with Crippen molar-refractivity contribution >= 4 is 39.3 Å². The van der Waals surface area contributed by atoms with Crippen molar-refractivity contribution in [2.45, 2.75) is 25.3 Å². The van der Waals surface area contributed by atoms with E-state index in [1.807, 2.05) is 0 Å². The molecule has 1 heterocycles. The summed E-state index contributed by atoms with van der Waals surface area (Å²) in [6.07, 6.45) is 4.14. The Labute approximate surface area is 164 Å². The van der Waals surface area contributed by atoms with E-state index in [4.69, 9.17) is 10.5 Å². The second-order valence-corrected chi connectivity index (χ2v) is 7.14. The van der Waals surface area contributed by atoms with Crippen LogP contribution in [0.5, 0.6) is 0 Å². The number of aromatic nitrogens is 2. The smallest absolute Gasteiger partial charge is 0.339 e. The number of carbonyl (C=O) groups excluding carboxylic acids is 2. The van der Waals surface area contributed by atoms with E-state index in [-0.39, 0.29) is 23.3 Å². The number of amides is 1. The SMILES string of the molecule is COC(=O)c1cc(Nc2nn(C3CCC[C@@H]3C#N)cc2C(N)=O)ccc1Br. The number of primary amides is 1. The van der Waals surface area contributed by atoms with E-state index in [9.17, 15) is 14.9 Å². The number of hydrogen-bond acceptors (Lipinski definition) is 6. The standard InChI is InChI=1S/C18H18BrN5O3/c1-27-18(26)12-7-11(5-6-14(12)19)22-17-13(16(21)25)9-24(23-17)15-4-2-3-10(15)8-20/h5-7,9-10,15H,2-4H2,1H3,(H2,21,25)(H,22,23)/t10-,15?/m1/s1. The second kappa shape index (κ2) is 7.80. The fourth-order valence-electron chi connectivity index (χ4n) is 3.25. The number of carbonyl (C=O) groups is 2. The van der Waals surface area contributed by atoms with E-state index < -0.39 is 11.9 Å². The van der Waals surface area contributed by atoms with Crippen LogP contribution in [0.25, 0.3) is 0 Å². The number of hydrogen-bond donors (Lipinski definition) is 2. The van der Waals surface area contributed by atoms with Crippen LogP contribution in [-0.4, -0.2) is 28.8 Å². The predicted molar refractivity (Wildman–Crippen MR) is 102 cm³/mol. The van der Waals surface area contributed by atoms with Crippen molar-refractivity contribution in [1.82, 2.24) is 9.78 Å². The van der Waals surface area contributed by atoms with E-state index in [0.29, 0.717) is 15.7 Å². The lowest BCUT2D eigenvalue weighted by Gasteiger charge is -2.13. The Balaban J connectivity index is 1.94. The van der Waals surface area contributed by atoms with Gasteiger partial charge in [-0.05, 0) is 53.4 Å². The minimum Gasteiger partial charge on any atom is -0.465 e. The minimum absolute atomic E-state index is 0.0841. The third-order valence-corrected chi connectivity index (χ3v) is 5.31. The summed E-state index contributed by atoms with van der Waals surface area (Å²) in [6, 6.07) is 7.23. The topological polar surface area (TPSA) is 123 Å². The molecule has 1 saturated carbocycles. The zero-order chi connectivity index (χ0) is 19.6. The molecule has 1 fully saturated rings. The number of esters is 1. The van der Waals surface area contributed by atoms with E-state index >= 15 is 0 Å². The van der Waals surface area contributed by atoms with Gasteiger partial charge in [-0.2, -0.15) is 10.4 Å². The molecule has 1 aromatic heterocycles. The molecule has 8 nitrogen and oxygen atoms in total. The number of nitrogens with one attached hydrogen (secondary N) is 1. The maximum atomic E-state index is 11.9. The molecule has 0 bridgehead atoms. The molecule has 0 saturated heterocycles. The van der Waals surface area contributed by atoms with Crippen LogP contribution in [0.15, 0.2) is 28.9 Å². The van der Waals surface area contributed by atoms with Gasteiger partial charge in [0.25, 0.3) is 5.91 Å². The van der Waals surface area contributed by atoms with Crippen LogP contribution >= 0.6 is 15.9 Å². The highest BCUT2D eigenvalue weighted by atomic mass is 79.9. The van der Waals surface area contributed by atoms with Gasteiger partial charge in [0.2, 0.25) is 0 Å². The molecule has 1 aliphatic rings. The molecule has 1 amide bonds. The molecule has 1 unspecified atom stereocenters. The lowest BCUT2D eigenvalue weighted by molar-refractivity contribution is 0.0599. The van der Waals surface area contributed by atoms with Crippen molar-refractivity contribution in [1.29, 1.82) is 5.26 Å². The Morgan fingerprint density at radius 2 is 2.19 bits per heavy atom. The lowest BCUT2D eigenvalue weighted by atomic mass is 10.1. The van der Waals surface area contributed by atoms with Gasteiger partial charge in [-0.3, -0.25) is 9.48 Å². The molecule has 2 aromatic rings. The summed E-state index contributed by atoms with van der Waals surface area (Å²) < 4.78 is 6.99. The second-order valence-electron chi connectivity index (χ2n) is 6.28. The first kappa shape index (κ1) is 18.9. The highest BCUT2D eigenvalue weighted by Crippen LogP contribution is 2.36. The van der Waals surface area contributed by atoms with Crippen molar-refractivity contribution in [3.8, 4) is 6.07 Å². The van der Waals surface area contributed by atoms with Crippen molar-refractivity contribution in [2.75, 3.05) is 12.4 Å². The molecule has 2 atom stereocenters. The first-order valence-corrected chi connectivity index (χ1v) is 9.17. The molecular weight excluding hydrogens is 414 g/mol. The molecule has 0 spiro atoms. The van der Waals surface area contributed by atoms with E-state index in [0.717, 1.165) is 19.3 Å². The van der Waals surface area contributed by atoms with Crippen molar-refractivity contribution in [3.05, 3.63) is 40.0 Å². The molecule has 140 valence electrons. The molecule has 27 heavy (non-hydrogen) atoms. The fourth-order valence-corrected chi connectivity index (χ4v) is 3.66. The number of benzene rings is 1. The van der Waals surface area contributed by atoms with Gasteiger partial charge in [-0.25, -0.2) is 4.79 Å². The fraction of sp³-hybridized carbons (Fsp3) is 0.333. The van der Waals surface area contributed by atoms with Crippen molar-refractivity contribution < 1.29 is 14.3 Å². The number of ether oxygens (including phenoxy) is 1. The van der Waals surface area contributed by atoms with Crippen molar-refractivity contribution in [2.24, 2.45) is 11.7 Å². The first-order chi connectivity index (χ1) is 12.9. The monoisotopic (exact) mass is 431 g/mol. The summed E-state index contributed by atoms with van der Waals surface area (Å²) in [5.74, 6) is -0.976. The maximum Gasteiger partial charge on any atom is 0.339 e. The number of halogens is 1. The average Bonchev–Trinajstić information content (AvgIpc) is 3.29. The van der Waals surface area contributed by atoms with E-state index in [1.54, 1.807) is 29.1 Å². The third kappa shape index (κ3) is 3.80. The number of anilines is 2. The molecule has 0 radical (unpaired) electrons. The number of nitrogens with zero attached hydrogens (tertiary/aromatic N) is 3. The van der Waals surface area contributed by atoms with Gasteiger partial charge >= 0.3 is 5.97 Å². The zero-order valence-corrected chi connectivity index (χ0v) is 16.2. The van der Waals surface area contributed by atoms with Crippen LogP contribution in [-0.2, 0) is 4.74 Å². The Morgan fingerprint density at radius 3 is 2.85 bits per heavy atom. The van der Waals surface area contributed by atoms with Crippen LogP contribution in [0.4, 0.5) is 11.5 Å². The molecule has 3 rings (SSSR count). The van der Waals surface area contributed by atoms with Gasteiger partial charge < -0.3 is 15.8 Å². The summed E-state index contributed by atoms with van der Waals surface area (Å²) in [5.41, 5.74) is 6.60. The minimum atomic E-state index is -0.624. The quantitative estimate of drug-likeness (QED) is 0.700. The summed E-state index contributed by atoms with van der Waals surface area (Å²) in [7, 11) is 1.30. The van der Waals surface area contributed by atoms with Gasteiger partial charge in [0.05, 0.1) is 30.7 Å². The molecule has 1 aliphatic carbocycles. The Bertz CT molecular complexity index is 934. The zero-order valence-electron chi connectivity index (χ0n) is 14.6. The highest BCUT2D eigenvalue weighted by Gasteiger charge is 2.30. The Hall–Kier alpha value is -2.86.